The number of allylic oxidation sites excluding steroid dienone is 4. The molecule has 0 aliphatic carbocycles. The second-order valence-corrected chi connectivity index (χ2v) is 10.0. The maximum absolute atomic E-state index is 4.05. The Morgan fingerprint density at radius 1 is 0.667 bits per heavy atom. The second-order valence-electron chi connectivity index (χ2n) is 5.81. The number of rotatable bonds is 8. The minimum absolute atomic E-state index is 0.707. The second kappa shape index (κ2) is 10.1. The molecule has 0 bridgehead atoms. The Balaban J connectivity index is 2.06. The first-order chi connectivity index (χ1) is 13.3. The Bertz CT molecular complexity index is 850. The SMILES string of the molecule is C=C/C=C(\C=C)P(NP(c1ccccc1)c1ccccc1)c1ccccc1. The molecule has 0 aromatic heterocycles. The molecule has 0 fully saturated rings. The van der Waals surface area contributed by atoms with Crippen molar-refractivity contribution >= 4 is 32.1 Å². The van der Waals surface area contributed by atoms with Crippen molar-refractivity contribution in [3.8, 4) is 0 Å². The van der Waals surface area contributed by atoms with E-state index < -0.39 is 16.1 Å². The third kappa shape index (κ3) is 5.12. The van der Waals surface area contributed by atoms with Gasteiger partial charge in [0.2, 0.25) is 0 Å². The summed E-state index contributed by atoms with van der Waals surface area (Å²) in [5.74, 6) is 0. The molecule has 1 atom stereocenters. The maximum Gasteiger partial charge on any atom is 0.0294 e. The number of hydrogen-bond donors (Lipinski definition) is 1. The topological polar surface area (TPSA) is 12.0 Å². The zero-order chi connectivity index (χ0) is 18.9. The summed E-state index contributed by atoms with van der Waals surface area (Å²) in [7, 11) is -1.47. The van der Waals surface area contributed by atoms with Crippen LogP contribution in [0.15, 0.2) is 128 Å². The van der Waals surface area contributed by atoms with Crippen molar-refractivity contribution in [1.29, 1.82) is 0 Å². The van der Waals surface area contributed by atoms with Gasteiger partial charge in [0.15, 0.2) is 0 Å². The van der Waals surface area contributed by atoms with Crippen molar-refractivity contribution < 1.29 is 0 Å². The lowest BCUT2D eigenvalue weighted by Gasteiger charge is -2.28. The first kappa shape index (κ1) is 19.5. The highest BCUT2D eigenvalue weighted by Gasteiger charge is 2.21. The molecule has 3 rings (SSSR count). The van der Waals surface area contributed by atoms with Crippen LogP contribution in [-0.4, -0.2) is 0 Å². The predicted molar refractivity (Wildman–Crippen MR) is 124 cm³/mol. The van der Waals surface area contributed by atoms with Gasteiger partial charge in [-0.25, -0.2) is 0 Å². The number of benzene rings is 3. The average molecular weight is 387 g/mol. The minimum atomic E-state index is -0.761. The van der Waals surface area contributed by atoms with E-state index >= 15 is 0 Å². The van der Waals surface area contributed by atoms with E-state index in [-0.39, 0.29) is 0 Å². The normalized spacial score (nSPS) is 12.6. The summed E-state index contributed by atoms with van der Waals surface area (Å²) in [6.45, 7) is 7.93. The molecule has 0 saturated carbocycles. The lowest BCUT2D eigenvalue weighted by molar-refractivity contribution is 1.60. The third-order valence-electron chi connectivity index (χ3n) is 4.00. The summed E-state index contributed by atoms with van der Waals surface area (Å²) in [5, 5.41) is 5.07. The molecule has 0 radical (unpaired) electrons. The van der Waals surface area contributed by atoms with E-state index in [1.165, 1.54) is 21.2 Å². The largest absolute Gasteiger partial charge is 0.259 e. The van der Waals surface area contributed by atoms with E-state index in [0.29, 0.717) is 0 Å². The first-order valence-electron chi connectivity index (χ1n) is 8.80. The molecular weight excluding hydrogens is 364 g/mol. The molecule has 0 amide bonds. The summed E-state index contributed by atoms with van der Waals surface area (Å²) in [6, 6.07) is 32.0. The first-order valence-corrected chi connectivity index (χ1v) is 11.5. The van der Waals surface area contributed by atoms with Gasteiger partial charge in [-0.3, -0.25) is 4.86 Å². The Morgan fingerprint density at radius 2 is 1.11 bits per heavy atom. The quantitative estimate of drug-likeness (QED) is 0.392. The van der Waals surface area contributed by atoms with Gasteiger partial charge in [0.1, 0.15) is 0 Å². The molecule has 3 aromatic carbocycles. The van der Waals surface area contributed by atoms with E-state index in [1.807, 2.05) is 12.2 Å². The zero-order valence-electron chi connectivity index (χ0n) is 15.2. The molecular formula is C24H23NP2. The Kier molecular flexibility index (Phi) is 7.31. The van der Waals surface area contributed by atoms with Crippen LogP contribution in [0.5, 0.6) is 0 Å². The Hall–Kier alpha value is -2.30. The molecule has 134 valence electrons. The van der Waals surface area contributed by atoms with Crippen molar-refractivity contribution in [2.24, 2.45) is 0 Å². The molecule has 1 unspecified atom stereocenters. The van der Waals surface area contributed by atoms with Crippen LogP contribution in [0.2, 0.25) is 0 Å². The highest BCUT2D eigenvalue weighted by Crippen LogP contribution is 2.48. The van der Waals surface area contributed by atoms with Gasteiger partial charge in [0, 0.05) is 16.1 Å². The van der Waals surface area contributed by atoms with Crippen LogP contribution in [0.25, 0.3) is 0 Å². The van der Waals surface area contributed by atoms with E-state index in [1.54, 1.807) is 0 Å². The lowest BCUT2D eigenvalue weighted by Crippen LogP contribution is -2.23. The molecule has 3 heteroatoms. The molecule has 0 spiro atoms. The lowest BCUT2D eigenvalue weighted by atomic mass is 10.4. The third-order valence-corrected chi connectivity index (χ3v) is 8.89. The summed E-state index contributed by atoms with van der Waals surface area (Å²) in [5.41, 5.74) is 0. The van der Waals surface area contributed by atoms with Gasteiger partial charge in [-0.15, -0.1) is 0 Å². The van der Waals surface area contributed by atoms with Crippen LogP contribution in [-0.2, 0) is 0 Å². The van der Waals surface area contributed by atoms with Crippen molar-refractivity contribution in [3.63, 3.8) is 0 Å². The van der Waals surface area contributed by atoms with Crippen LogP contribution in [0.1, 0.15) is 0 Å². The summed E-state index contributed by atoms with van der Waals surface area (Å²) < 4.78 is 0. The molecule has 0 saturated heterocycles. The standard InChI is InChI=1S/C24H23NP2/c1-3-14-21(4-2)26(22-15-8-5-9-16-22)25-27(23-17-10-6-11-18-23)24-19-12-7-13-20-24/h3-20,25H,1-2H2/b21-14+. The summed E-state index contributed by atoms with van der Waals surface area (Å²) in [4.78, 5) is 3.98. The van der Waals surface area contributed by atoms with Gasteiger partial charge in [0.05, 0.1) is 0 Å². The Labute approximate surface area is 164 Å². The summed E-state index contributed by atoms with van der Waals surface area (Å²) >= 11 is 0. The van der Waals surface area contributed by atoms with E-state index in [4.69, 9.17) is 0 Å². The van der Waals surface area contributed by atoms with E-state index in [0.717, 1.165) is 0 Å². The smallest absolute Gasteiger partial charge is 0.0294 e. The fourth-order valence-corrected chi connectivity index (χ4v) is 7.81. The van der Waals surface area contributed by atoms with E-state index in [2.05, 4.69) is 115 Å². The molecule has 27 heavy (non-hydrogen) atoms. The highest BCUT2D eigenvalue weighted by atomic mass is 31.2. The van der Waals surface area contributed by atoms with Crippen LogP contribution in [0.4, 0.5) is 0 Å². The van der Waals surface area contributed by atoms with Crippen LogP contribution >= 0.6 is 16.1 Å². The van der Waals surface area contributed by atoms with Gasteiger partial charge in [-0.2, -0.15) is 0 Å². The van der Waals surface area contributed by atoms with Gasteiger partial charge in [-0.05, 0) is 21.2 Å². The maximum atomic E-state index is 4.05. The minimum Gasteiger partial charge on any atom is -0.259 e. The Morgan fingerprint density at radius 3 is 1.52 bits per heavy atom. The van der Waals surface area contributed by atoms with E-state index in [9.17, 15) is 0 Å². The monoisotopic (exact) mass is 387 g/mol. The highest BCUT2D eigenvalue weighted by molar-refractivity contribution is 7.84. The van der Waals surface area contributed by atoms with Crippen molar-refractivity contribution in [2.75, 3.05) is 0 Å². The van der Waals surface area contributed by atoms with Gasteiger partial charge >= 0.3 is 0 Å². The zero-order valence-corrected chi connectivity index (χ0v) is 17.0. The summed E-state index contributed by atoms with van der Waals surface area (Å²) in [6.07, 6.45) is 5.84. The molecule has 0 heterocycles. The number of hydrogen-bond acceptors (Lipinski definition) is 1. The van der Waals surface area contributed by atoms with Gasteiger partial charge < -0.3 is 0 Å². The van der Waals surface area contributed by atoms with Crippen LogP contribution in [0, 0.1) is 0 Å². The average Bonchev–Trinajstić information content (AvgIpc) is 2.75. The fourth-order valence-electron chi connectivity index (χ4n) is 2.71. The molecule has 3 aromatic rings. The van der Waals surface area contributed by atoms with Crippen molar-refractivity contribution in [1.82, 2.24) is 4.86 Å². The van der Waals surface area contributed by atoms with Crippen molar-refractivity contribution in [3.05, 3.63) is 128 Å². The van der Waals surface area contributed by atoms with Gasteiger partial charge in [-0.1, -0.05) is 122 Å². The van der Waals surface area contributed by atoms with Gasteiger partial charge in [0.25, 0.3) is 0 Å². The van der Waals surface area contributed by atoms with Crippen molar-refractivity contribution in [2.45, 2.75) is 0 Å². The predicted octanol–water partition coefficient (Wildman–Crippen LogP) is 5.60. The fraction of sp³-hybridized carbons (Fsp3) is 0. The molecule has 1 nitrogen and oxygen atoms in total. The number of nitrogens with one attached hydrogen (secondary N) is 1. The van der Waals surface area contributed by atoms with Crippen LogP contribution < -0.4 is 20.8 Å². The van der Waals surface area contributed by atoms with Crippen LogP contribution in [0.3, 0.4) is 0 Å². The molecule has 0 aliphatic heterocycles. The molecule has 0 aliphatic rings. The molecule has 1 N–H and O–H groups in total.